The Bertz CT molecular complexity index is 565. The summed E-state index contributed by atoms with van der Waals surface area (Å²) in [5.41, 5.74) is 0.876. The smallest absolute Gasteiger partial charge is 0.338 e. The minimum absolute atomic E-state index is 0.00167. The summed E-state index contributed by atoms with van der Waals surface area (Å²) in [6.45, 7) is 0. The Morgan fingerprint density at radius 2 is 2.17 bits per heavy atom. The van der Waals surface area contributed by atoms with Crippen molar-refractivity contribution in [1.29, 1.82) is 0 Å². The van der Waals surface area contributed by atoms with Gasteiger partial charge in [0.05, 0.1) is 12.7 Å². The third-order valence-electron chi connectivity index (χ3n) is 2.29. The fourth-order valence-electron chi connectivity index (χ4n) is 1.48. The van der Waals surface area contributed by atoms with E-state index in [1.54, 1.807) is 24.3 Å². The van der Waals surface area contributed by atoms with Gasteiger partial charge in [0.15, 0.2) is 5.76 Å². The largest absolute Gasteiger partial charge is 0.465 e. The van der Waals surface area contributed by atoms with Crippen LogP contribution < -0.4 is 5.32 Å². The number of benzene rings is 1. The molecule has 1 heterocycles. The molecule has 6 heteroatoms. The predicted octanol–water partition coefficient (Wildman–Crippen LogP) is 1.25. The van der Waals surface area contributed by atoms with Crippen LogP contribution >= 0.6 is 12.2 Å². The Labute approximate surface area is 108 Å². The van der Waals surface area contributed by atoms with Crippen molar-refractivity contribution in [3.8, 4) is 0 Å². The van der Waals surface area contributed by atoms with Crippen LogP contribution in [0.2, 0.25) is 0 Å². The van der Waals surface area contributed by atoms with Crippen molar-refractivity contribution >= 4 is 35.3 Å². The van der Waals surface area contributed by atoms with Gasteiger partial charge in [-0.15, -0.1) is 0 Å². The fourth-order valence-corrected chi connectivity index (χ4v) is 1.66. The normalized spacial score (nSPS) is 16.4. The molecule has 92 valence electrons. The summed E-state index contributed by atoms with van der Waals surface area (Å²) in [4.78, 5) is 23.0. The van der Waals surface area contributed by atoms with Crippen molar-refractivity contribution in [3.63, 3.8) is 0 Å². The number of hydrogen-bond donors (Lipinski definition) is 1. The molecule has 0 spiro atoms. The van der Waals surface area contributed by atoms with E-state index in [-0.39, 0.29) is 10.9 Å². The zero-order chi connectivity index (χ0) is 13.1. The number of hydrogen-bond acceptors (Lipinski definition) is 5. The van der Waals surface area contributed by atoms with Gasteiger partial charge in [-0.25, -0.2) is 4.79 Å². The summed E-state index contributed by atoms with van der Waals surface area (Å²) >= 11 is 4.71. The van der Waals surface area contributed by atoms with Gasteiger partial charge in [-0.3, -0.25) is 10.1 Å². The highest BCUT2D eigenvalue weighted by atomic mass is 32.1. The maximum Gasteiger partial charge on any atom is 0.338 e. The van der Waals surface area contributed by atoms with Gasteiger partial charge in [0.25, 0.3) is 11.1 Å². The van der Waals surface area contributed by atoms with E-state index in [1.807, 2.05) is 0 Å². The zero-order valence-electron chi connectivity index (χ0n) is 9.43. The first kappa shape index (κ1) is 12.3. The highest BCUT2D eigenvalue weighted by Gasteiger charge is 2.23. The molecule has 18 heavy (non-hydrogen) atoms. The summed E-state index contributed by atoms with van der Waals surface area (Å²) in [5, 5.41) is 2.34. The summed E-state index contributed by atoms with van der Waals surface area (Å²) in [7, 11) is 1.29. The molecule has 1 amide bonds. The maximum atomic E-state index is 11.5. The molecule has 0 atom stereocenters. The molecule has 0 radical (unpaired) electrons. The van der Waals surface area contributed by atoms with Crippen molar-refractivity contribution < 1.29 is 19.1 Å². The summed E-state index contributed by atoms with van der Waals surface area (Å²) in [6.07, 6.45) is 1.45. The van der Waals surface area contributed by atoms with Gasteiger partial charge >= 0.3 is 5.97 Å². The Kier molecular flexibility index (Phi) is 3.38. The van der Waals surface area contributed by atoms with Crippen LogP contribution in [0, 0.1) is 0 Å². The topological polar surface area (TPSA) is 64.6 Å². The van der Waals surface area contributed by atoms with E-state index in [0.29, 0.717) is 11.1 Å². The molecule has 5 nitrogen and oxygen atoms in total. The Hall–Kier alpha value is -2.21. The van der Waals surface area contributed by atoms with Crippen LogP contribution in [0.3, 0.4) is 0 Å². The Balaban J connectivity index is 2.40. The lowest BCUT2D eigenvalue weighted by Gasteiger charge is -2.03. The van der Waals surface area contributed by atoms with Crippen molar-refractivity contribution in [2.75, 3.05) is 7.11 Å². The van der Waals surface area contributed by atoms with Crippen LogP contribution in [0.5, 0.6) is 0 Å². The second-order valence-electron chi connectivity index (χ2n) is 3.43. The molecule has 0 bridgehead atoms. The molecule has 0 saturated carbocycles. The number of esters is 1. The highest BCUT2D eigenvalue weighted by molar-refractivity contribution is 7.80. The lowest BCUT2D eigenvalue weighted by molar-refractivity contribution is -0.116. The number of methoxy groups -OCH3 is 1. The predicted molar refractivity (Wildman–Crippen MR) is 67.6 cm³/mol. The van der Waals surface area contributed by atoms with E-state index < -0.39 is 11.9 Å². The average molecular weight is 263 g/mol. The molecule has 1 aliphatic rings. The minimum atomic E-state index is -0.483. The number of thiocarbonyl (C=S) groups is 1. The van der Waals surface area contributed by atoms with Gasteiger partial charge in [-0.2, -0.15) is 0 Å². The summed E-state index contributed by atoms with van der Waals surface area (Å²) in [6, 6.07) is 6.72. The Morgan fingerprint density at radius 3 is 2.78 bits per heavy atom. The fraction of sp³-hybridized carbons (Fsp3) is 0.0833. The molecule has 1 N–H and O–H groups in total. The quantitative estimate of drug-likeness (QED) is 0.494. The molecule has 1 aromatic carbocycles. The summed E-state index contributed by atoms with van der Waals surface area (Å²) < 4.78 is 9.68. The van der Waals surface area contributed by atoms with E-state index in [4.69, 9.17) is 17.0 Å². The van der Waals surface area contributed by atoms with Gasteiger partial charge < -0.3 is 9.47 Å². The van der Waals surface area contributed by atoms with Crippen molar-refractivity contribution in [3.05, 3.63) is 41.2 Å². The van der Waals surface area contributed by atoms with E-state index in [9.17, 15) is 9.59 Å². The zero-order valence-corrected chi connectivity index (χ0v) is 10.2. The van der Waals surface area contributed by atoms with Crippen molar-refractivity contribution in [2.24, 2.45) is 0 Å². The third kappa shape index (κ3) is 2.38. The lowest BCUT2D eigenvalue weighted by Crippen LogP contribution is -2.18. The average Bonchev–Trinajstić information content (AvgIpc) is 2.67. The Morgan fingerprint density at radius 1 is 1.44 bits per heavy atom. The maximum absolute atomic E-state index is 11.5. The molecule has 2 rings (SSSR count). The molecule has 0 aliphatic carbocycles. The molecule has 1 aromatic rings. The van der Waals surface area contributed by atoms with Gasteiger partial charge in [-0.05, 0) is 29.9 Å². The number of carbonyl (C=O) groups excluding carboxylic acids is 2. The van der Waals surface area contributed by atoms with E-state index >= 15 is 0 Å². The van der Waals surface area contributed by atoms with Crippen LogP contribution in [0.15, 0.2) is 30.0 Å². The number of amides is 1. The van der Waals surface area contributed by atoms with Gasteiger partial charge in [-0.1, -0.05) is 18.2 Å². The SMILES string of the molecule is COC(=O)c1ccccc1/C=C1/OC(=S)NC1=O. The molecular weight excluding hydrogens is 254 g/mol. The van der Waals surface area contributed by atoms with Crippen LogP contribution in [-0.2, 0) is 14.3 Å². The second kappa shape index (κ2) is 4.97. The molecule has 0 aromatic heterocycles. The molecule has 1 aliphatic heterocycles. The standard InChI is InChI=1S/C12H9NO4S/c1-16-11(15)8-5-3-2-4-7(8)6-9-10(14)13-12(18)17-9/h2-6H,1H3,(H,13,14,18)/b9-6+. The van der Waals surface area contributed by atoms with Gasteiger partial charge in [0, 0.05) is 0 Å². The number of carbonyl (C=O) groups is 2. The molecule has 1 saturated heterocycles. The van der Waals surface area contributed by atoms with Gasteiger partial charge in [0.2, 0.25) is 0 Å². The van der Waals surface area contributed by atoms with E-state index in [2.05, 4.69) is 10.1 Å². The molecule has 0 unspecified atom stereocenters. The first-order valence-electron chi connectivity index (χ1n) is 5.04. The van der Waals surface area contributed by atoms with Crippen LogP contribution in [-0.4, -0.2) is 24.2 Å². The first-order valence-corrected chi connectivity index (χ1v) is 5.45. The number of nitrogens with one attached hydrogen (secondary N) is 1. The van der Waals surface area contributed by atoms with Crippen LogP contribution in [0.25, 0.3) is 6.08 Å². The monoisotopic (exact) mass is 263 g/mol. The minimum Gasteiger partial charge on any atom is -0.465 e. The number of rotatable bonds is 2. The number of ether oxygens (including phenoxy) is 2. The molecule has 1 fully saturated rings. The molecular formula is C12H9NO4S. The van der Waals surface area contributed by atoms with E-state index in [1.165, 1.54) is 13.2 Å². The highest BCUT2D eigenvalue weighted by Crippen LogP contribution is 2.17. The lowest BCUT2D eigenvalue weighted by atomic mass is 10.1. The van der Waals surface area contributed by atoms with Crippen molar-refractivity contribution in [2.45, 2.75) is 0 Å². The second-order valence-corrected chi connectivity index (χ2v) is 3.80. The van der Waals surface area contributed by atoms with Crippen molar-refractivity contribution in [1.82, 2.24) is 5.32 Å². The van der Waals surface area contributed by atoms with Crippen LogP contribution in [0.4, 0.5) is 0 Å². The van der Waals surface area contributed by atoms with Gasteiger partial charge in [0.1, 0.15) is 0 Å². The van der Waals surface area contributed by atoms with Crippen LogP contribution in [0.1, 0.15) is 15.9 Å². The van der Waals surface area contributed by atoms with E-state index in [0.717, 1.165) is 0 Å². The first-order chi connectivity index (χ1) is 8.61. The third-order valence-corrected chi connectivity index (χ3v) is 2.48. The summed E-state index contributed by atoms with van der Waals surface area (Å²) in [5.74, 6) is -0.862.